The molecule has 12 heavy (non-hydrogen) atoms. The van der Waals surface area contributed by atoms with E-state index in [4.69, 9.17) is 0 Å². The molecule has 3 nitrogen and oxygen atoms in total. The third-order valence-electron chi connectivity index (χ3n) is 1.49. The second-order valence-corrected chi connectivity index (χ2v) is 2.52. The predicted molar refractivity (Wildman–Crippen MR) is 38.8 cm³/mol. The zero-order valence-corrected chi connectivity index (χ0v) is 9.76. The Morgan fingerprint density at radius 1 is 1.17 bits per heavy atom. The minimum atomic E-state index is -1.55. The smallest absolute Gasteiger partial charge is 0.542 e. The number of rotatable bonds is 6. The molecular weight excluding hydrogens is 167 g/mol. The number of ketones is 1. The number of unbranched alkanes of at least 4 members (excludes halogenated alkanes) is 3. The van der Waals surface area contributed by atoms with E-state index >= 15 is 0 Å². The van der Waals surface area contributed by atoms with Gasteiger partial charge in [0.05, 0.1) is 0 Å². The fraction of sp³-hybridized carbons (Fsp3) is 0.750. The van der Waals surface area contributed by atoms with E-state index in [1.165, 1.54) is 0 Å². The summed E-state index contributed by atoms with van der Waals surface area (Å²) in [5, 5.41) is 9.90. The summed E-state index contributed by atoms with van der Waals surface area (Å²) in [7, 11) is 0. The average Bonchev–Trinajstić information content (AvgIpc) is 1.97. The number of hydrogen-bond acceptors (Lipinski definition) is 3. The quantitative estimate of drug-likeness (QED) is 0.253. The summed E-state index contributed by atoms with van der Waals surface area (Å²) in [5.41, 5.74) is 0. The topological polar surface area (TPSA) is 57.2 Å². The molecule has 0 aliphatic rings. The van der Waals surface area contributed by atoms with E-state index < -0.39 is 11.8 Å². The Morgan fingerprint density at radius 3 is 2.17 bits per heavy atom. The van der Waals surface area contributed by atoms with E-state index in [2.05, 4.69) is 6.92 Å². The van der Waals surface area contributed by atoms with Gasteiger partial charge in [-0.1, -0.05) is 26.2 Å². The summed E-state index contributed by atoms with van der Waals surface area (Å²) in [5.74, 6) is -2.33. The molecule has 0 heterocycles. The van der Waals surface area contributed by atoms with E-state index in [1.807, 2.05) is 0 Å². The van der Waals surface area contributed by atoms with Crippen LogP contribution in [0.4, 0.5) is 0 Å². The molecule has 0 aliphatic heterocycles. The molecule has 0 N–H and O–H groups in total. The number of carbonyl (C=O) groups excluding carboxylic acids is 2. The molecule has 0 aromatic carbocycles. The Kier molecular flexibility index (Phi) is 11.3. The molecule has 0 rings (SSSR count). The Bertz CT molecular complexity index is 145. The maximum Gasteiger partial charge on any atom is 1.00 e. The van der Waals surface area contributed by atoms with Gasteiger partial charge in [0, 0.05) is 6.42 Å². The molecule has 0 aliphatic carbocycles. The maximum atomic E-state index is 10.4. The van der Waals surface area contributed by atoms with Gasteiger partial charge in [-0.15, -0.1) is 0 Å². The van der Waals surface area contributed by atoms with Gasteiger partial charge in [-0.05, 0) is 6.42 Å². The molecule has 0 aromatic rings. The van der Waals surface area contributed by atoms with Gasteiger partial charge in [-0.3, -0.25) is 4.79 Å². The van der Waals surface area contributed by atoms with Crippen LogP contribution < -0.4 is 34.7 Å². The van der Waals surface area contributed by atoms with Crippen molar-refractivity contribution in [3.8, 4) is 0 Å². The van der Waals surface area contributed by atoms with Crippen molar-refractivity contribution in [1.29, 1.82) is 0 Å². The number of aliphatic carboxylic acids is 1. The van der Waals surface area contributed by atoms with Crippen LogP contribution in [0.3, 0.4) is 0 Å². The number of carbonyl (C=O) groups is 2. The minimum Gasteiger partial charge on any atom is -0.542 e. The first-order valence-electron chi connectivity index (χ1n) is 3.92. The molecule has 0 radical (unpaired) electrons. The Hall–Kier alpha value is 0.140. The summed E-state index contributed by atoms with van der Waals surface area (Å²) in [6, 6.07) is 0. The molecule has 0 fully saturated rings. The van der Waals surface area contributed by atoms with Crippen molar-refractivity contribution < 1.29 is 44.3 Å². The van der Waals surface area contributed by atoms with Gasteiger partial charge in [0.1, 0.15) is 5.97 Å². The van der Waals surface area contributed by atoms with E-state index in [0.717, 1.165) is 19.3 Å². The average molecular weight is 180 g/mol. The summed E-state index contributed by atoms with van der Waals surface area (Å²) in [6.45, 7) is 2.06. The van der Waals surface area contributed by atoms with Crippen molar-refractivity contribution in [1.82, 2.24) is 0 Å². The predicted octanol–water partition coefficient (Wildman–Crippen LogP) is -2.72. The van der Waals surface area contributed by atoms with Gasteiger partial charge >= 0.3 is 29.6 Å². The molecule has 0 saturated heterocycles. The van der Waals surface area contributed by atoms with Crippen LogP contribution in [-0.4, -0.2) is 11.8 Å². The first-order valence-corrected chi connectivity index (χ1v) is 3.92. The van der Waals surface area contributed by atoms with Crippen LogP contribution in [0.15, 0.2) is 0 Å². The monoisotopic (exact) mass is 180 g/mol. The fourth-order valence-corrected chi connectivity index (χ4v) is 0.814. The largest absolute Gasteiger partial charge is 1.00 e. The van der Waals surface area contributed by atoms with E-state index in [1.54, 1.807) is 0 Å². The third-order valence-corrected chi connectivity index (χ3v) is 1.49. The number of Topliss-reactive ketones (excluding diaryl/α,β-unsaturated/α-hetero) is 1. The summed E-state index contributed by atoms with van der Waals surface area (Å²) in [4.78, 5) is 20.3. The van der Waals surface area contributed by atoms with Gasteiger partial charge in [0.15, 0.2) is 5.78 Å². The maximum absolute atomic E-state index is 10.4. The van der Waals surface area contributed by atoms with Gasteiger partial charge < -0.3 is 9.90 Å². The van der Waals surface area contributed by atoms with Crippen molar-refractivity contribution in [3.05, 3.63) is 0 Å². The molecule has 4 heteroatoms. The SMILES string of the molecule is CCCCCCC(=O)C(=O)[O-].[Na+]. The number of hydrogen-bond donors (Lipinski definition) is 0. The molecule has 0 bridgehead atoms. The fourth-order valence-electron chi connectivity index (χ4n) is 0.814. The first-order chi connectivity index (χ1) is 5.18. The summed E-state index contributed by atoms with van der Waals surface area (Å²) >= 11 is 0. The van der Waals surface area contributed by atoms with Crippen LogP contribution in [-0.2, 0) is 9.59 Å². The second kappa shape index (κ2) is 9.23. The van der Waals surface area contributed by atoms with Crippen LogP contribution in [0.25, 0.3) is 0 Å². The molecule has 0 amide bonds. The Morgan fingerprint density at radius 2 is 1.75 bits per heavy atom. The summed E-state index contributed by atoms with van der Waals surface area (Å²) in [6.07, 6.45) is 3.86. The zero-order chi connectivity index (χ0) is 8.69. The van der Waals surface area contributed by atoms with Crippen molar-refractivity contribution in [2.45, 2.75) is 39.0 Å². The van der Waals surface area contributed by atoms with Crippen molar-refractivity contribution in [2.24, 2.45) is 0 Å². The number of carboxylic acids is 1. The zero-order valence-electron chi connectivity index (χ0n) is 7.76. The van der Waals surface area contributed by atoms with E-state index in [-0.39, 0.29) is 36.0 Å². The molecule has 0 aromatic heterocycles. The minimum absolute atomic E-state index is 0. The van der Waals surface area contributed by atoms with Crippen LogP contribution >= 0.6 is 0 Å². The molecular formula is C8H13NaO3. The van der Waals surface area contributed by atoms with Crippen molar-refractivity contribution >= 4 is 11.8 Å². The standard InChI is InChI=1S/C8H14O3.Na/c1-2-3-4-5-6-7(9)8(10)11;/h2-6H2,1H3,(H,10,11);/q;+1/p-1. The molecule has 0 saturated carbocycles. The molecule has 0 spiro atoms. The van der Waals surface area contributed by atoms with E-state index in [9.17, 15) is 14.7 Å². The third kappa shape index (κ3) is 8.24. The van der Waals surface area contributed by atoms with Crippen molar-refractivity contribution in [2.75, 3.05) is 0 Å². The first kappa shape index (κ1) is 14.7. The Balaban J connectivity index is 0. The van der Waals surface area contributed by atoms with Crippen LogP contribution in [0, 0.1) is 0 Å². The van der Waals surface area contributed by atoms with Gasteiger partial charge in [-0.2, -0.15) is 0 Å². The van der Waals surface area contributed by atoms with Gasteiger partial charge in [-0.25, -0.2) is 0 Å². The van der Waals surface area contributed by atoms with Crippen molar-refractivity contribution in [3.63, 3.8) is 0 Å². The van der Waals surface area contributed by atoms with Crippen LogP contribution in [0.1, 0.15) is 39.0 Å². The van der Waals surface area contributed by atoms with E-state index in [0.29, 0.717) is 6.42 Å². The second-order valence-electron chi connectivity index (χ2n) is 2.52. The normalized spacial score (nSPS) is 8.75. The molecule has 0 unspecified atom stereocenters. The summed E-state index contributed by atoms with van der Waals surface area (Å²) < 4.78 is 0. The molecule has 64 valence electrons. The Labute approximate surface area is 94.8 Å². The van der Waals surface area contributed by atoms with Crippen LogP contribution in [0.5, 0.6) is 0 Å². The van der Waals surface area contributed by atoms with Gasteiger partial charge in [0.2, 0.25) is 0 Å². The van der Waals surface area contributed by atoms with Crippen LogP contribution in [0.2, 0.25) is 0 Å². The van der Waals surface area contributed by atoms with Gasteiger partial charge in [0.25, 0.3) is 0 Å². The number of carboxylic acid groups (broad SMARTS) is 1. The molecule has 0 atom stereocenters.